The number of benzene rings is 3. The van der Waals surface area contributed by atoms with E-state index in [2.05, 4.69) is 10.4 Å². The normalized spacial score (nSPS) is 12.4. The number of hydrogen-bond acceptors (Lipinski definition) is 2. The number of amides is 1. The standard InChI is InChI=1S/C25H17Cl2F4N3O/c1-14-18(13-32-34(14)17-8-9-20(26)21(27)12-17)24(35)33-23(15-5-3-2-4-6-15)16-7-10-22(28)19(11-16)25(29,30)31/h2-13,23H,1H3,(H,33,35)/t23-/m0/s1. The first-order chi connectivity index (χ1) is 16.6. The predicted molar refractivity (Wildman–Crippen MR) is 125 cm³/mol. The van der Waals surface area contributed by atoms with Gasteiger partial charge in [0, 0.05) is 0 Å². The Kier molecular flexibility index (Phi) is 6.87. The summed E-state index contributed by atoms with van der Waals surface area (Å²) in [6.07, 6.45) is -3.54. The highest BCUT2D eigenvalue weighted by atomic mass is 35.5. The summed E-state index contributed by atoms with van der Waals surface area (Å²) < 4.78 is 55.4. The molecule has 0 aliphatic carbocycles. The van der Waals surface area contributed by atoms with E-state index in [1.807, 2.05) is 0 Å². The molecule has 4 aromatic rings. The molecule has 0 unspecified atom stereocenters. The second kappa shape index (κ2) is 9.71. The maximum Gasteiger partial charge on any atom is 0.419 e. The lowest BCUT2D eigenvalue weighted by Crippen LogP contribution is -2.30. The Morgan fingerprint density at radius 1 is 0.971 bits per heavy atom. The van der Waals surface area contributed by atoms with Gasteiger partial charge >= 0.3 is 6.18 Å². The molecule has 1 heterocycles. The van der Waals surface area contributed by atoms with Crippen LogP contribution >= 0.6 is 23.2 Å². The van der Waals surface area contributed by atoms with E-state index in [1.54, 1.807) is 55.5 Å². The quantitative estimate of drug-likeness (QED) is 0.283. The third-order valence-corrected chi connectivity index (χ3v) is 6.18. The monoisotopic (exact) mass is 521 g/mol. The Morgan fingerprint density at radius 3 is 2.34 bits per heavy atom. The van der Waals surface area contributed by atoms with Crippen molar-refractivity contribution in [1.82, 2.24) is 15.1 Å². The average molecular weight is 522 g/mol. The van der Waals surface area contributed by atoms with Crippen LogP contribution in [0.25, 0.3) is 5.69 Å². The van der Waals surface area contributed by atoms with Crippen molar-refractivity contribution in [2.75, 3.05) is 0 Å². The highest BCUT2D eigenvalue weighted by molar-refractivity contribution is 6.42. The third-order valence-electron chi connectivity index (χ3n) is 5.44. The van der Waals surface area contributed by atoms with E-state index in [0.29, 0.717) is 33.1 Å². The first kappa shape index (κ1) is 24.8. The number of aromatic nitrogens is 2. The van der Waals surface area contributed by atoms with E-state index in [-0.39, 0.29) is 11.1 Å². The van der Waals surface area contributed by atoms with Gasteiger partial charge in [-0.25, -0.2) is 9.07 Å². The maximum absolute atomic E-state index is 13.9. The van der Waals surface area contributed by atoms with Crippen LogP contribution in [0.3, 0.4) is 0 Å². The highest BCUT2D eigenvalue weighted by Gasteiger charge is 2.35. The number of hydrogen-bond donors (Lipinski definition) is 1. The molecule has 0 saturated carbocycles. The molecule has 3 aromatic carbocycles. The van der Waals surface area contributed by atoms with Gasteiger partial charge in [0.05, 0.1) is 44.8 Å². The topological polar surface area (TPSA) is 46.9 Å². The molecule has 1 amide bonds. The number of nitrogens with one attached hydrogen (secondary N) is 1. The second-order valence-corrected chi connectivity index (χ2v) is 8.52. The molecule has 0 bridgehead atoms. The zero-order chi connectivity index (χ0) is 25.3. The molecule has 1 aromatic heterocycles. The molecule has 0 saturated heterocycles. The van der Waals surface area contributed by atoms with Crippen molar-refractivity contribution in [2.24, 2.45) is 0 Å². The molecule has 4 nitrogen and oxygen atoms in total. The number of alkyl halides is 3. The summed E-state index contributed by atoms with van der Waals surface area (Å²) in [5.74, 6) is -1.96. The predicted octanol–water partition coefficient (Wildman–Crippen LogP) is 7.16. The maximum atomic E-state index is 13.9. The number of rotatable bonds is 5. The van der Waals surface area contributed by atoms with Crippen LogP contribution in [0.15, 0.2) is 72.9 Å². The van der Waals surface area contributed by atoms with Crippen LogP contribution in [0.4, 0.5) is 17.6 Å². The summed E-state index contributed by atoms with van der Waals surface area (Å²) in [6.45, 7) is 1.67. The van der Waals surface area contributed by atoms with E-state index < -0.39 is 29.5 Å². The van der Waals surface area contributed by atoms with E-state index >= 15 is 0 Å². The summed E-state index contributed by atoms with van der Waals surface area (Å²) in [5, 5.41) is 7.68. The third kappa shape index (κ3) is 5.18. The first-order valence-electron chi connectivity index (χ1n) is 10.3. The molecule has 0 radical (unpaired) electrons. The summed E-state index contributed by atoms with van der Waals surface area (Å²) in [6, 6.07) is 15.0. The van der Waals surface area contributed by atoms with Gasteiger partial charge < -0.3 is 5.32 Å². The minimum Gasteiger partial charge on any atom is -0.341 e. The van der Waals surface area contributed by atoms with Crippen LogP contribution in [0.1, 0.15) is 38.8 Å². The minimum atomic E-state index is -4.89. The fourth-order valence-electron chi connectivity index (χ4n) is 3.66. The van der Waals surface area contributed by atoms with Crippen molar-refractivity contribution >= 4 is 29.1 Å². The van der Waals surface area contributed by atoms with Crippen molar-refractivity contribution in [2.45, 2.75) is 19.1 Å². The van der Waals surface area contributed by atoms with Crippen LogP contribution in [-0.4, -0.2) is 15.7 Å². The Hall–Kier alpha value is -3.36. The number of halogens is 6. The second-order valence-electron chi connectivity index (χ2n) is 7.71. The number of nitrogens with zero attached hydrogens (tertiary/aromatic N) is 2. The Balaban J connectivity index is 1.71. The van der Waals surface area contributed by atoms with Gasteiger partial charge in [-0.15, -0.1) is 0 Å². The lowest BCUT2D eigenvalue weighted by Gasteiger charge is -2.21. The van der Waals surface area contributed by atoms with Crippen molar-refractivity contribution < 1.29 is 22.4 Å². The number of carbonyl (C=O) groups excluding carboxylic acids is 1. The van der Waals surface area contributed by atoms with Crippen LogP contribution in [0.2, 0.25) is 10.0 Å². The van der Waals surface area contributed by atoms with Crippen LogP contribution in [-0.2, 0) is 6.18 Å². The molecule has 0 fully saturated rings. The molecular weight excluding hydrogens is 505 g/mol. The molecule has 35 heavy (non-hydrogen) atoms. The van der Waals surface area contributed by atoms with E-state index in [4.69, 9.17) is 23.2 Å². The molecule has 0 aliphatic heterocycles. The molecule has 4 rings (SSSR count). The molecule has 1 atom stereocenters. The average Bonchev–Trinajstić information content (AvgIpc) is 3.21. The fourth-order valence-corrected chi connectivity index (χ4v) is 3.96. The SMILES string of the molecule is Cc1c(C(=O)N[C@@H](c2ccccc2)c2ccc(F)c(C(F)(F)F)c2)cnn1-c1ccc(Cl)c(Cl)c1. The largest absolute Gasteiger partial charge is 0.419 e. The molecule has 0 spiro atoms. The summed E-state index contributed by atoms with van der Waals surface area (Å²) in [5.41, 5.74) is 0.443. The van der Waals surface area contributed by atoms with Gasteiger partial charge in [-0.1, -0.05) is 59.6 Å². The van der Waals surface area contributed by atoms with E-state index in [9.17, 15) is 22.4 Å². The van der Waals surface area contributed by atoms with Gasteiger partial charge in [0.25, 0.3) is 5.91 Å². The van der Waals surface area contributed by atoms with Crippen molar-refractivity contribution in [3.63, 3.8) is 0 Å². The van der Waals surface area contributed by atoms with Gasteiger partial charge in [0.1, 0.15) is 5.82 Å². The molecular formula is C25H17Cl2F4N3O. The molecule has 180 valence electrons. The van der Waals surface area contributed by atoms with Crippen LogP contribution in [0.5, 0.6) is 0 Å². The summed E-state index contributed by atoms with van der Waals surface area (Å²) in [7, 11) is 0. The number of carbonyl (C=O) groups is 1. The van der Waals surface area contributed by atoms with Gasteiger partial charge in [-0.2, -0.15) is 18.3 Å². The van der Waals surface area contributed by atoms with Crippen molar-refractivity contribution in [1.29, 1.82) is 0 Å². The Morgan fingerprint density at radius 2 is 1.69 bits per heavy atom. The molecule has 0 aliphatic rings. The van der Waals surface area contributed by atoms with Gasteiger partial charge in [-0.3, -0.25) is 4.79 Å². The van der Waals surface area contributed by atoms with E-state index in [1.165, 1.54) is 16.9 Å². The van der Waals surface area contributed by atoms with Gasteiger partial charge in [0.15, 0.2) is 0 Å². The highest BCUT2D eigenvalue weighted by Crippen LogP contribution is 2.34. The molecule has 10 heteroatoms. The molecule has 1 N–H and O–H groups in total. The smallest absolute Gasteiger partial charge is 0.341 e. The van der Waals surface area contributed by atoms with E-state index in [0.717, 1.165) is 6.07 Å². The Labute approximate surface area is 208 Å². The van der Waals surface area contributed by atoms with Crippen molar-refractivity contribution in [3.05, 3.63) is 117 Å². The lowest BCUT2D eigenvalue weighted by molar-refractivity contribution is -0.140. The fraction of sp³-hybridized carbons (Fsp3) is 0.120. The lowest BCUT2D eigenvalue weighted by atomic mass is 9.96. The summed E-state index contributed by atoms with van der Waals surface area (Å²) in [4.78, 5) is 13.2. The zero-order valence-corrected chi connectivity index (χ0v) is 19.6. The van der Waals surface area contributed by atoms with Crippen LogP contribution < -0.4 is 5.32 Å². The zero-order valence-electron chi connectivity index (χ0n) is 18.1. The summed E-state index contributed by atoms with van der Waals surface area (Å²) >= 11 is 12.1. The van der Waals surface area contributed by atoms with Gasteiger partial charge in [-0.05, 0) is 48.4 Å². The minimum absolute atomic E-state index is 0.0767. The van der Waals surface area contributed by atoms with Crippen molar-refractivity contribution in [3.8, 4) is 5.69 Å². The first-order valence-corrected chi connectivity index (χ1v) is 11.0. The van der Waals surface area contributed by atoms with Crippen LogP contribution in [0, 0.1) is 12.7 Å². The Bertz CT molecular complexity index is 1390. The van der Waals surface area contributed by atoms with Gasteiger partial charge in [0.2, 0.25) is 0 Å².